The number of carbonyl (C=O) groups is 2. The molecule has 2 rings (SSSR count). The largest absolute Gasteiger partial charge is 0.344 e. The van der Waals surface area contributed by atoms with Crippen LogP contribution >= 0.6 is 0 Å². The molecule has 0 atom stereocenters. The summed E-state index contributed by atoms with van der Waals surface area (Å²) >= 11 is 0. The molecule has 1 aromatic heterocycles. The maximum Gasteiger partial charge on any atom is 0.311 e. The average molecular weight is 275 g/mol. The normalized spacial score (nSPS) is 15.7. The van der Waals surface area contributed by atoms with Gasteiger partial charge in [0.25, 0.3) is 0 Å². The van der Waals surface area contributed by atoms with Crippen molar-refractivity contribution in [3.63, 3.8) is 0 Å². The number of nitrogens with zero attached hydrogens (tertiary/aromatic N) is 2. The fourth-order valence-corrected chi connectivity index (χ4v) is 2.55. The first-order chi connectivity index (χ1) is 9.68. The second kappa shape index (κ2) is 7.03. The molecule has 5 heteroatoms. The van der Waals surface area contributed by atoms with Crippen LogP contribution in [0.2, 0.25) is 0 Å². The molecule has 1 saturated carbocycles. The molecule has 1 aliphatic rings. The Balaban J connectivity index is 1.83. The maximum atomic E-state index is 12.1. The van der Waals surface area contributed by atoms with Gasteiger partial charge in [0.2, 0.25) is 0 Å². The molecular weight excluding hydrogens is 254 g/mol. The number of amides is 2. The molecule has 1 heterocycles. The monoisotopic (exact) mass is 275 g/mol. The highest BCUT2D eigenvalue weighted by atomic mass is 16.2. The van der Waals surface area contributed by atoms with Gasteiger partial charge in [-0.15, -0.1) is 0 Å². The van der Waals surface area contributed by atoms with Gasteiger partial charge in [-0.25, -0.2) is 0 Å². The van der Waals surface area contributed by atoms with Crippen molar-refractivity contribution in [1.82, 2.24) is 15.2 Å². The topological polar surface area (TPSA) is 62.3 Å². The van der Waals surface area contributed by atoms with Crippen molar-refractivity contribution in [3.8, 4) is 0 Å². The first-order valence-electron chi connectivity index (χ1n) is 7.12. The zero-order chi connectivity index (χ0) is 14.4. The molecule has 1 aromatic rings. The minimum Gasteiger partial charge on any atom is -0.344 e. The van der Waals surface area contributed by atoms with Gasteiger partial charge >= 0.3 is 11.8 Å². The Morgan fingerprint density at radius 3 is 2.75 bits per heavy atom. The van der Waals surface area contributed by atoms with Crippen molar-refractivity contribution in [2.45, 2.75) is 44.7 Å². The van der Waals surface area contributed by atoms with E-state index in [4.69, 9.17) is 0 Å². The van der Waals surface area contributed by atoms with Crippen LogP contribution in [-0.4, -0.2) is 34.8 Å². The van der Waals surface area contributed by atoms with E-state index >= 15 is 0 Å². The number of hydrogen-bond acceptors (Lipinski definition) is 3. The lowest BCUT2D eigenvalue weighted by Gasteiger charge is -2.30. The summed E-state index contributed by atoms with van der Waals surface area (Å²) in [7, 11) is 1.72. The summed E-state index contributed by atoms with van der Waals surface area (Å²) in [6, 6.07) is 3.88. The van der Waals surface area contributed by atoms with Gasteiger partial charge in [-0.3, -0.25) is 14.6 Å². The Morgan fingerprint density at radius 2 is 2.10 bits per heavy atom. The fraction of sp³-hybridized carbons (Fsp3) is 0.533. The molecule has 0 aromatic carbocycles. The lowest BCUT2D eigenvalue weighted by molar-refractivity contribution is -0.146. The second-order valence-corrected chi connectivity index (χ2v) is 5.25. The summed E-state index contributed by atoms with van der Waals surface area (Å²) in [6.07, 6.45) is 8.85. The quantitative estimate of drug-likeness (QED) is 0.850. The summed E-state index contributed by atoms with van der Waals surface area (Å²) < 4.78 is 0. The Hall–Kier alpha value is -1.91. The number of aromatic nitrogens is 1. The van der Waals surface area contributed by atoms with E-state index < -0.39 is 11.8 Å². The molecule has 0 spiro atoms. The summed E-state index contributed by atoms with van der Waals surface area (Å²) in [5.74, 6) is -0.984. The van der Waals surface area contributed by atoms with Gasteiger partial charge in [0.15, 0.2) is 0 Å². The number of rotatable bonds is 3. The smallest absolute Gasteiger partial charge is 0.311 e. The van der Waals surface area contributed by atoms with E-state index in [-0.39, 0.29) is 6.04 Å². The predicted molar refractivity (Wildman–Crippen MR) is 75.7 cm³/mol. The zero-order valence-electron chi connectivity index (χ0n) is 11.8. The molecule has 108 valence electrons. The third kappa shape index (κ3) is 3.79. The molecule has 1 N–H and O–H groups in total. The van der Waals surface area contributed by atoms with Crippen LogP contribution in [0, 0.1) is 0 Å². The van der Waals surface area contributed by atoms with E-state index in [1.807, 2.05) is 6.07 Å². The van der Waals surface area contributed by atoms with Crippen LogP contribution in [0.1, 0.15) is 37.7 Å². The minimum atomic E-state index is -0.540. The van der Waals surface area contributed by atoms with Gasteiger partial charge in [-0.2, -0.15) is 0 Å². The van der Waals surface area contributed by atoms with Crippen molar-refractivity contribution in [2.24, 2.45) is 0 Å². The summed E-state index contributed by atoms with van der Waals surface area (Å²) in [4.78, 5) is 29.5. The van der Waals surface area contributed by atoms with Gasteiger partial charge in [-0.05, 0) is 24.5 Å². The third-order valence-electron chi connectivity index (χ3n) is 3.81. The standard InChI is InChI=1S/C15H21N3O2/c1-18(13-7-3-2-4-8-13)15(20)14(19)17-11-12-6-5-9-16-10-12/h5-6,9-10,13H,2-4,7-8,11H2,1H3,(H,17,19). The Bertz CT molecular complexity index is 455. The Kier molecular flexibility index (Phi) is 5.09. The minimum absolute atomic E-state index is 0.209. The van der Waals surface area contributed by atoms with Crippen LogP contribution < -0.4 is 5.32 Å². The number of pyridine rings is 1. The molecule has 0 saturated heterocycles. The van der Waals surface area contributed by atoms with Gasteiger partial charge in [0, 0.05) is 32.0 Å². The molecule has 0 unspecified atom stereocenters. The van der Waals surface area contributed by atoms with Crippen LogP contribution in [0.15, 0.2) is 24.5 Å². The molecule has 5 nitrogen and oxygen atoms in total. The molecule has 1 aliphatic carbocycles. The highest BCUT2D eigenvalue weighted by Gasteiger charge is 2.26. The van der Waals surface area contributed by atoms with E-state index in [1.165, 1.54) is 6.42 Å². The molecule has 1 fully saturated rings. The van der Waals surface area contributed by atoms with E-state index in [1.54, 1.807) is 30.4 Å². The summed E-state index contributed by atoms with van der Waals surface area (Å²) in [6.45, 7) is 0.330. The average Bonchev–Trinajstić information content (AvgIpc) is 2.53. The summed E-state index contributed by atoms with van der Waals surface area (Å²) in [5.41, 5.74) is 0.883. The molecule has 0 bridgehead atoms. The van der Waals surface area contributed by atoms with E-state index in [2.05, 4.69) is 10.3 Å². The van der Waals surface area contributed by atoms with Crippen LogP contribution in [0.3, 0.4) is 0 Å². The van der Waals surface area contributed by atoms with E-state index in [0.717, 1.165) is 31.2 Å². The number of carbonyl (C=O) groups excluding carboxylic acids is 2. The van der Waals surface area contributed by atoms with E-state index in [9.17, 15) is 9.59 Å². The van der Waals surface area contributed by atoms with Crippen LogP contribution in [0.5, 0.6) is 0 Å². The second-order valence-electron chi connectivity index (χ2n) is 5.25. The van der Waals surface area contributed by atoms with Crippen molar-refractivity contribution in [3.05, 3.63) is 30.1 Å². The van der Waals surface area contributed by atoms with Crippen molar-refractivity contribution >= 4 is 11.8 Å². The highest BCUT2D eigenvalue weighted by molar-refractivity contribution is 6.34. The highest BCUT2D eigenvalue weighted by Crippen LogP contribution is 2.21. The third-order valence-corrected chi connectivity index (χ3v) is 3.81. The molecule has 0 radical (unpaired) electrons. The van der Waals surface area contributed by atoms with Gasteiger partial charge in [-0.1, -0.05) is 25.3 Å². The lowest BCUT2D eigenvalue weighted by Crippen LogP contribution is -2.46. The first-order valence-corrected chi connectivity index (χ1v) is 7.12. The molecular formula is C15H21N3O2. The Labute approximate surface area is 119 Å². The molecule has 20 heavy (non-hydrogen) atoms. The van der Waals surface area contributed by atoms with Crippen molar-refractivity contribution in [1.29, 1.82) is 0 Å². The lowest BCUT2D eigenvalue weighted by atomic mass is 9.94. The first kappa shape index (κ1) is 14.5. The van der Waals surface area contributed by atoms with Crippen molar-refractivity contribution in [2.75, 3.05) is 7.05 Å². The number of hydrogen-bond donors (Lipinski definition) is 1. The van der Waals surface area contributed by atoms with Crippen LogP contribution in [0.25, 0.3) is 0 Å². The number of nitrogens with one attached hydrogen (secondary N) is 1. The zero-order valence-corrected chi connectivity index (χ0v) is 11.8. The van der Waals surface area contributed by atoms with E-state index in [0.29, 0.717) is 6.54 Å². The predicted octanol–water partition coefficient (Wildman–Crippen LogP) is 1.49. The molecule has 0 aliphatic heterocycles. The SMILES string of the molecule is CN(C(=O)C(=O)NCc1cccnc1)C1CCCCC1. The van der Waals surface area contributed by atoms with Crippen LogP contribution in [0.4, 0.5) is 0 Å². The summed E-state index contributed by atoms with van der Waals surface area (Å²) in [5, 5.41) is 2.65. The van der Waals surface area contributed by atoms with Gasteiger partial charge in [0.05, 0.1) is 0 Å². The molecule has 2 amide bonds. The fourth-order valence-electron chi connectivity index (χ4n) is 2.55. The van der Waals surface area contributed by atoms with Gasteiger partial charge < -0.3 is 10.2 Å². The van der Waals surface area contributed by atoms with Gasteiger partial charge in [0.1, 0.15) is 0 Å². The number of likely N-dealkylation sites (N-methyl/N-ethyl adjacent to an activating group) is 1. The van der Waals surface area contributed by atoms with Crippen LogP contribution in [-0.2, 0) is 16.1 Å². The van der Waals surface area contributed by atoms with Crippen molar-refractivity contribution < 1.29 is 9.59 Å². The Morgan fingerprint density at radius 1 is 1.35 bits per heavy atom. The maximum absolute atomic E-state index is 12.1.